The van der Waals surface area contributed by atoms with Gasteiger partial charge < -0.3 is 14.0 Å². The van der Waals surface area contributed by atoms with Crippen LogP contribution in [0.15, 0.2) is 309 Å². The highest BCUT2D eigenvalue weighted by Crippen LogP contribution is 2.62. The Labute approximate surface area is 476 Å². The Morgan fingerprint density at radius 2 is 0.732 bits per heavy atom. The molecule has 1 spiro atoms. The van der Waals surface area contributed by atoms with E-state index in [9.17, 15) is 0 Å². The third-order valence-corrected chi connectivity index (χ3v) is 17.8. The number of nitrogens with zero attached hydrogens (tertiary/aromatic N) is 3. The van der Waals surface area contributed by atoms with E-state index in [0.717, 1.165) is 50.6 Å². The van der Waals surface area contributed by atoms with E-state index in [1.54, 1.807) is 0 Å². The van der Waals surface area contributed by atoms with E-state index < -0.39 is 5.41 Å². The Bertz CT molecular complexity index is 4990. The molecule has 3 heteroatoms. The van der Waals surface area contributed by atoms with Crippen molar-refractivity contribution < 1.29 is 0 Å². The van der Waals surface area contributed by atoms with Crippen LogP contribution in [0.25, 0.3) is 111 Å². The minimum absolute atomic E-state index is 0.581. The average molecular weight is 1040 g/mol. The van der Waals surface area contributed by atoms with E-state index in [1.807, 2.05) is 0 Å². The fourth-order valence-electron chi connectivity index (χ4n) is 14.3. The molecule has 2 aliphatic rings. The molecule has 1 atom stereocenters. The largest absolute Gasteiger partial charge is 0.309 e. The third kappa shape index (κ3) is 6.65. The van der Waals surface area contributed by atoms with Gasteiger partial charge in [-0.25, -0.2) is 0 Å². The maximum atomic E-state index is 2.53. The van der Waals surface area contributed by atoms with E-state index in [2.05, 4.69) is 323 Å². The molecule has 1 aliphatic carbocycles. The van der Waals surface area contributed by atoms with Gasteiger partial charge in [0.2, 0.25) is 0 Å². The molecular weight excluding hydrogens is 991 g/mol. The molecular formula is C79H51N3. The van der Waals surface area contributed by atoms with E-state index in [4.69, 9.17) is 0 Å². The molecule has 3 heterocycles. The van der Waals surface area contributed by atoms with Crippen LogP contribution in [0.2, 0.25) is 0 Å². The summed E-state index contributed by atoms with van der Waals surface area (Å²) in [7, 11) is 0. The van der Waals surface area contributed by atoms with Crippen LogP contribution in [0.5, 0.6) is 0 Å². The lowest BCUT2D eigenvalue weighted by atomic mass is 9.65. The fourth-order valence-corrected chi connectivity index (χ4v) is 14.3. The maximum Gasteiger partial charge on any atom is 0.0754 e. The summed E-state index contributed by atoms with van der Waals surface area (Å²) in [6.45, 7) is 0. The molecule has 15 aromatic rings. The second-order valence-corrected chi connectivity index (χ2v) is 21.9. The van der Waals surface area contributed by atoms with Crippen LogP contribution < -0.4 is 4.90 Å². The number of benzene rings is 13. The third-order valence-electron chi connectivity index (χ3n) is 17.8. The van der Waals surface area contributed by atoms with E-state index >= 15 is 0 Å². The molecule has 382 valence electrons. The smallest absolute Gasteiger partial charge is 0.0754 e. The lowest BCUT2D eigenvalue weighted by Crippen LogP contribution is -2.33. The van der Waals surface area contributed by atoms with Gasteiger partial charge in [0.15, 0.2) is 0 Å². The molecule has 0 saturated carbocycles. The van der Waals surface area contributed by atoms with Crippen molar-refractivity contribution in [2.24, 2.45) is 0 Å². The van der Waals surface area contributed by atoms with Crippen LogP contribution in [-0.2, 0) is 5.41 Å². The first-order valence-electron chi connectivity index (χ1n) is 28.4. The van der Waals surface area contributed by atoms with Gasteiger partial charge in [-0.2, -0.15) is 0 Å². The van der Waals surface area contributed by atoms with Gasteiger partial charge in [-0.1, -0.05) is 243 Å². The summed E-state index contributed by atoms with van der Waals surface area (Å²) in [5.74, 6) is 0. The van der Waals surface area contributed by atoms with Gasteiger partial charge in [0, 0.05) is 44.0 Å². The van der Waals surface area contributed by atoms with Crippen LogP contribution in [0, 0.1) is 0 Å². The van der Waals surface area contributed by atoms with Crippen molar-refractivity contribution in [1.82, 2.24) is 9.13 Å². The molecule has 2 aromatic heterocycles. The highest BCUT2D eigenvalue weighted by molar-refractivity contribution is 6.13. The summed E-state index contributed by atoms with van der Waals surface area (Å²) >= 11 is 0. The summed E-state index contributed by atoms with van der Waals surface area (Å²) < 4.78 is 4.91. The number of fused-ring (bicyclic) bond motifs is 15. The van der Waals surface area contributed by atoms with Crippen molar-refractivity contribution in [1.29, 1.82) is 0 Å². The second kappa shape index (κ2) is 18.2. The van der Waals surface area contributed by atoms with Crippen LogP contribution in [-0.4, -0.2) is 9.13 Å². The monoisotopic (exact) mass is 1040 g/mol. The van der Waals surface area contributed by atoms with Crippen molar-refractivity contribution in [3.63, 3.8) is 0 Å². The van der Waals surface area contributed by atoms with Gasteiger partial charge >= 0.3 is 0 Å². The normalized spacial score (nSPS) is 13.9. The van der Waals surface area contributed by atoms with Crippen LogP contribution >= 0.6 is 0 Å². The van der Waals surface area contributed by atoms with Crippen molar-refractivity contribution in [2.45, 2.75) is 5.41 Å². The molecule has 0 fully saturated rings. The Morgan fingerprint density at radius 1 is 0.256 bits per heavy atom. The fraction of sp³-hybridized carbons (Fsp3) is 0.0127. The van der Waals surface area contributed by atoms with Crippen molar-refractivity contribution in [2.75, 3.05) is 4.90 Å². The minimum atomic E-state index is -0.581. The molecule has 82 heavy (non-hydrogen) atoms. The maximum absolute atomic E-state index is 2.53. The van der Waals surface area contributed by atoms with Gasteiger partial charge in [0.25, 0.3) is 0 Å². The van der Waals surface area contributed by atoms with Gasteiger partial charge in [-0.15, -0.1) is 0 Å². The van der Waals surface area contributed by atoms with Gasteiger partial charge in [0.05, 0.1) is 44.5 Å². The minimum Gasteiger partial charge on any atom is -0.309 e. The molecule has 1 unspecified atom stereocenters. The van der Waals surface area contributed by atoms with Crippen molar-refractivity contribution in [3.8, 4) is 67.0 Å². The summed E-state index contributed by atoms with van der Waals surface area (Å²) in [5, 5.41) is 5.07. The standard InChI is InChI=1S/C79H51N3/c1-2-21-54(22-3-1)58-23-4-5-25-60(58)63-27-8-15-36-73(63)80(56-46-41-52(42-47-56)53-43-48-57(49-44-53)81-74-37-16-9-28-64(74)65-29-10-17-38-75(65)81)72-35-14-7-24-59(72)55-45-50-62-61-26-6-12-32-68(61)79(71(62)51-55)69-33-13-19-40-77(69)82-76-39-18-11-30-66(76)67-31-20-34-70(79)78(67)82/h1-51H. The quantitative estimate of drug-likeness (QED) is 0.148. The molecule has 0 bridgehead atoms. The van der Waals surface area contributed by atoms with Crippen molar-refractivity contribution >= 4 is 60.7 Å². The first kappa shape index (κ1) is 46.2. The molecule has 1 aliphatic heterocycles. The van der Waals surface area contributed by atoms with Gasteiger partial charge in [-0.05, 0) is 133 Å². The SMILES string of the molecule is c1ccc(-c2ccccc2-c2ccccc2N(c2ccc(-c3ccc(-n4c5ccccc5c5ccccc54)cc3)cc2)c2ccccc2-c2ccc3c(c2)C2(c4ccccc4-3)c3ccccc3-n3c4ccccc4c4cccc2c43)cc1. The number of aromatic nitrogens is 2. The number of hydrogen-bond acceptors (Lipinski definition) is 1. The first-order valence-corrected chi connectivity index (χ1v) is 28.4. The van der Waals surface area contributed by atoms with Gasteiger partial charge in [-0.3, -0.25) is 0 Å². The summed E-state index contributed by atoms with van der Waals surface area (Å²) in [6.07, 6.45) is 0. The first-order chi connectivity index (χ1) is 40.7. The molecule has 0 radical (unpaired) electrons. The molecule has 17 rings (SSSR count). The predicted octanol–water partition coefficient (Wildman–Crippen LogP) is 20.7. The number of hydrogen-bond donors (Lipinski definition) is 0. The van der Waals surface area contributed by atoms with E-state index in [-0.39, 0.29) is 0 Å². The summed E-state index contributed by atoms with van der Waals surface area (Å²) in [5.41, 5.74) is 27.0. The second-order valence-electron chi connectivity index (χ2n) is 21.9. The Morgan fingerprint density at radius 3 is 1.44 bits per heavy atom. The zero-order chi connectivity index (χ0) is 53.9. The number of anilines is 3. The van der Waals surface area contributed by atoms with Crippen molar-refractivity contribution in [3.05, 3.63) is 332 Å². The number of rotatable bonds is 8. The molecule has 0 amide bonds. The van der Waals surface area contributed by atoms with Gasteiger partial charge in [0.1, 0.15) is 0 Å². The van der Waals surface area contributed by atoms with Crippen LogP contribution in [0.4, 0.5) is 17.1 Å². The lowest BCUT2D eigenvalue weighted by Gasteiger charge is -2.39. The Balaban J connectivity index is 0.850. The molecule has 0 N–H and O–H groups in total. The van der Waals surface area contributed by atoms with E-state index in [1.165, 1.54) is 99.4 Å². The molecule has 3 nitrogen and oxygen atoms in total. The summed E-state index contributed by atoms with van der Waals surface area (Å²) in [6, 6.07) is 115. The highest BCUT2D eigenvalue weighted by Gasteiger charge is 2.51. The Kier molecular flexibility index (Phi) is 10.2. The highest BCUT2D eigenvalue weighted by atomic mass is 15.1. The van der Waals surface area contributed by atoms with Crippen LogP contribution in [0.3, 0.4) is 0 Å². The van der Waals surface area contributed by atoms with E-state index in [0.29, 0.717) is 0 Å². The lowest BCUT2D eigenvalue weighted by molar-refractivity contribution is 0.749. The zero-order valence-electron chi connectivity index (χ0n) is 44.8. The van der Waals surface area contributed by atoms with Crippen LogP contribution in [0.1, 0.15) is 22.3 Å². The average Bonchev–Trinajstić information content (AvgIpc) is 1.75. The molecule has 0 saturated heterocycles. The predicted molar refractivity (Wildman–Crippen MR) is 342 cm³/mol. The molecule has 13 aromatic carbocycles. The number of para-hydroxylation sites is 7. The zero-order valence-corrected chi connectivity index (χ0v) is 44.8. The topological polar surface area (TPSA) is 13.1 Å². The Hall–Kier alpha value is -10.7. The summed E-state index contributed by atoms with van der Waals surface area (Å²) in [4.78, 5) is 2.49.